The Labute approximate surface area is 229 Å². The van der Waals surface area contributed by atoms with Gasteiger partial charge in [0.1, 0.15) is 0 Å². The standard InChI is InChI=1S/C32H56.2C2H6/c1-23(2)10-7-8-13-26-15-17-29-28-16-14-27-22-25(12-9-11-24(3)4)18-20-32(27,6)30(28)19-21-31(26,29)5;2*1-2/h14,23-26,28-30H,7-13,15-22H2,1-6H3;2*1-2H3. The molecule has 4 aliphatic rings. The van der Waals surface area contributed by atoms with Crippen molar-refractivity contribution in [3.63, 3.8) is 0 Å². The lowest BCUT2D eigenvalue weighted by Gasteiger charge is -2.58. The molecular weight excluding hydrogens is 432 g/mol. The topological polar surface area (TPSA) is 0 Å². The molecule has 4 rings (SSSR count). The van der Waals surface area contributed by atoms with Gasteiger partial charge in [0, 0.05) is 0 Å². The largest absolute Gasteiger partial charge is 0.0845 e. The fourth-order valence-electron chi connectivity index (χ4n) is 9.32. The van der Waals surface area contributed by atoms with Crippen LogP contribution in [0.25, 0.3) is 0 Å². The van der Waals surface area contributed by atoms with E-state index in [9.17, 15) is 0 Å². The second-order valence-electron chi connectivity index (χ2n) is 14.2. The SMILES string of the molecule is CC.CC.CC(C)CCCCC1CCC2C3CC=C4CC(CCCC(C)C)CCC4(C)C3CCC12C. The summed E-state index contributed by atoms with van der Waals surface area (Å²) < 4.78 is 0. The number of fused-ring (bicyclic) bond motifs is 5. The molecule has 0 N–H and O–H groups in total. The molecule has 4 aliphatic carbocycles. The zero-order valence-corrected chi connectivity index (χ0v) is 26.7. The summed E-state index contributed by atoms with van der Waals surface area (Å²) in [6.45, 7) is 23.0. The third kappa shape index (κ3) is 7.23. The maximum Gasteiger partial charge on any atom is -0.00851 e. The molecule has 212 valence electrons. The number of unbranched alkanes of at least 4 members (excludes halogenated alkanes) is 1. The smallest absolute Gasteiger partial charge is 0.00851 e. The number of hydrogen-bond acceptors (Lipinski definition) is 0. The molecule has 7 atom stereocenters. The summed E-state index contributed by atoms with van der Waals surface area (Å²) >= 11 is 0. The van der Waals surface area contributed by atoms with Crippen LogP contribution >= 0.6 is 0 Å². The zero-order valence-electron chi connectivity index (χ0n) is 26.7. The third-order valence-electron chi connectivity index (χ3n) is 11.4. The molecule has 0 aromatic rings. The Morgan fingerprint density at radius 1 is 0.750 bits per heavy atom. The van der Waals surface area contributed by atoms with Crippen LogP contribution in [0.4, 0.5) is 0 Å². The van der Waals surface area contributed by atoms with Crippen LogP contribution in [0.5, 0.6) is 0 Å². The average molecular weight is 501 g/mol. The first-order chi connectivity index (χ1) is 17.2. The van der Waals surface area contributed by atoms with Crippen molar-refractivity contribution >= 4 is 0 Å². The van der Waals surface area contributed by atoms with E-state index in [0.717, 1.165) is 41.4 Å². The van der Waals surface area contributed by atoms with Crippen LogP contribution in [0.3, 0.4) is 0 Å². The van der Waals surface area contributed by atoms with Gasteiger partial charge in [0.05, 0.1) is 0 Å². The van der Waals surface area contributed by atoms with Crippen molar-refractivity contribution in [2.75, 3.05) is 0 Å². The summed E-state index contributed by atoms with van der Waals surface area (Å²) in [7, 11) is 0. The lowest BCUT2D eigenvalue weighted by atomic mass is 9.46. The number of allylic oxidation sites excluding steroid dienone is 2. The maximum absolute atomic E-state index is 2.80. The van der Waals surface area contributed by atoms with Crippen molar-refractivity contribution in [3.8, 4) is 0 Å². The highest BCUT2D eigenvalue weighted by Gasteiger charge is 2.58. The fraction of sp³-hybridized carbons (Fsp3) is 0.944. The molecule has 3 saturated carbocycles. The monoisotopic (exact) mass is 501 g/mol. The molecule has 0 bridgehead atoms. The minimum atomic E-state index is 0.550. The van der Waals surface area contributed by atoms with E-state index in [0.29, 0.717) is 10.8 Å². The second kappa shape index (κ2) is 14.8. The summed E-state index contributed by atoms with van der Waals surface area (Å²) in [4.78, 5) is 0. The quantitative estimate of drug-likeness (QED) is 0.218. The van der Waals surface area contributed by atoms with E-state index in [2.05, 4.69) is 47.6 Å². The summed E-state index contributed by atoms with van der Waals surface area (Å²) in [5.74, 6) is 6.79. The molecule has 0 heteroatoms. The van der Waals surface area contributed by atoms with Gasteiger partial charge in [-0.05, 0) is 110 Å². The first kappa shape index (κ1) is 32.0. The Bertz CT molecular complexity index is 640. The van der Waals surface area contributed by atoms with E-state index in [-0.39, 0.29) is 0 Å². The molecule has 0 amide bonds. The van der Waals surface area contributed by atoms with Gasteiger partial charge in [0.25, 0.3) is 0 Å². The molecule has 0 heterocycles. The second-order valence-corrected chi connectivity index (χ2v) is 14.2. The highest BCUT2D eigenvalue weighted by atomic mass is 14.6. The maximum atomic E-state index is 2.80. The van der Waals surface area contributed by atoms with E-state index >= 15 is 0 Å². The summed E-state index contributed by atoms with van der Waals surface area (Å²) in [5, 5.41) is 0. The predicted octanol–water partition coefficient (Wildman–Crippen LogP) is 12.3. The molecule has 7 unspecified atom stereocenters. The van der Waals surface area contributed by atoms with Gasteiger partial charge in [0.2, 0.25) is 0 Å². The molecule has 0 saturated heterocycles. The van der Waals surface area contributed by atoms with E-state index in [1.807, 2.05) is 33.3 Å². The number of rotatable bonds is 9. The molecule has 0 aromatic heterocycles. The van der Waals surface area contributed by atoms with Gasteiger partial charge in [-0.1, -0.05) is 119 Å². The van der Waals surface area contributed by atoms with Crippen molar-refractivity contribution in [2.24, 2.45) is 52.3 Å². The third-order valence-corrected chi connectivity index (χ3v) is 11.4. The normalized spacial score (nSPS) is 37.1. The Morgan fingerprint density at radius 2 is 1.42 bits per heavy atom. The Hall–Kier alpha value is -0.260. The van der Waals surface area contributed by atoms with Crippen molar-refractivity contribution in [1.29, 1.82) is 0 Å². The van der Waals surface area contributed by atoms with Gasteiger partial charge in [-0.25, -0.2) is 0 Å². The summed E-state index contributed by atoms with van der Waals surface area (Å²) in [5.41, 5.74) is 3.12. The Balaban J connectivity index is 0.00000109. The molecule has 0 spiro atoms. The minimum absolute atomic E-state index is 0.550. The van der Waals surface area contributed by atoms with Crippen molar-refractivity contribution in [2.45, 2.75) is 166 Å². The minimum Gasteiger partial charge on any atom is -0.0845 e. The van der Waals surface area contributed by atoms with Crippen LogP contribution in [0.2, 0.25) is 0 Å². The molecule has 0 radical (unpaired) electrons. The van der Waals surface area contributed by atoms with Crippen molar-refractivity contribution in [3.05, 3.63) is 11.6 Å². The fourth-order valence-corrected chi connectivity index (χ4v) is 9.32. The van der Waals surface area contributed by atoms with Gasteiger partial charge in [-0.3, -0.25) is 0 Å². The number of hydrogen-bond donors (Lipinski definition) is 0. The van der Waals surface area contributed by atoms with E-state index in [1.165, 1.54) is 89.9 Å². The summed E-state index contributed by atoms with van der Waals surface area (Å²) in [6, 6.07) is 0. The van der Waals surface area contributed by atoms with E-state index in [1.54, 1.807) is 6.42 Å². The Morgan fingerprint density at radius 3 is 2.08 bits per heavy atom. The first-order valence-corrected chi connectivity index (χ1v) is 16.9. The molecule has 0 aliphatic heterocycles. The van der Waals surface area contributed by atoms with E-state index in [4.69, 9.17) is 0 Å². The lowest BCUT2D eigenvalue weighted by Crippen LogP contribution is -2.50. The van der Waals surface area contributed by atoms with Gasteiger partial charge in [-0.15, -0.1) is 0 Å². The highest BCUT2D eigenvalue weighted by molar-refractivity contribution is 5.25. The van der Waals surface area contributed by atoms with Gasteiger partial charge < -0.3 is 0 Å². The average Bonchev–Trinajstić information content (AvgIpc) is 3.20. The Kier molecular flexibility index (Phi) is 13.1. The molecule has 0 nitrogen and oxygen atoms in total. The van der Waals surface area contributed by atoms with Crippen LogP contribution < -0.4 is 0 Å². The van der Waals surface area contributed by atoms with E-state index < -0.39 is 0 Å². The van der Waals surface area contributed by atoms with Crippen LogP contribution in [-0.2, 0) is 0 Å². The molecule has 0 aromatic carbocycles. The van der Waals surface area contributed by atoms with Gasteiger partial charge >= 0.3 is 0 Å². The van der Waals surface area contributed by atoms with Crippen LogP contribution in [0.15, 0.2) is 11.6 Å². The molecule has 3 fully saturated rings. The highest BCUT2D eigenvalue weighted by Crippen LogP contribution is 2.67. The zero-order chi connectivity index (χ0) is 26.9. The van der Waals surface area contributed by atoms with Crippen LogP contribution in [0.1, 0.15) is 166 Å². The van der Waals surface area contributed by atoms with Crippen molar-refractivity contribution < 1.29 is 0 Å². The predicted molar refractivity (Wildman–Crippen MR) is 163 cm³/mol. The molecule has 36 heavy (non-hydrogen) atoms. The van der Waals surface area contributed by atoms with Gasteiger partial charge in [0.15, 0.2) is 0 Å². The summed E-state index contributed by atoms with van der Waals surface area (Å²) in [6.07, 6.45) is 25.1. The lowest BCUT2D eigenvalue weighted by molar-refractivity contribution is -0.0458. The van der Waals surface area contributed by atoms with Gasteiger partial charge in [-0.2, -0.15) is 0 Å². The molecular formula is C36H68. The van der Waals surface area contributed by atoms with Crippen LogP contribution in [0, 0.1) is 52.3 Å². The first-order valence-electron chi connectivity index (χ1n) is 16.9. The van der Waals surface area contributed by atoms with Crippen LogP contribution in [-0.4, -0.2) is 0 Å². The van der Waals surface area contributed by atoms with Crippen molar-refractivity contribution in [1.82, 2.24) is 0 Å².